The third-order valence-electron chi connectivity index (χ3n) is 1.59. The zero-order valence-electron chi connectivity index (χ0n) is 7.14. The number of halogens is 4. The lowest BCUT2D eigenvalue weighted by Gasteiger charge is -2.10. The van der Waals surface area contributed by atoms with Crippen LogP contribution in [0.5, 0.6) is 0 Å². The number of aliphatic hydroxyl groups excluding tert-OH is 1. The normalized spacial score (nSPS) is 14.1. The topological polar surface area (TPSA) is 33.1 Å². The molecule has 0 fully saturated rings. The molecule has 0 amide bonds. The van der Waals surface area contributed by atoms with Crippen molar-refractivity contribution in [3.05, 3.63) is 28.5 Å². The zero-order chi connectivity index (χ0) is 10.9. The van der Waals surface area contributed by atoms with Crippen LogP contribution >= 0.6 is 11.6 Å². The molecule has 0 spiro atoms. The molecule has 0 aromatic carbocycles. The van der Waals surface area contributed by atoms with Gasteiger partial charge in [0.25, 0.3) is 0 Å². The van der Waals surface area contributed by atoms with E-state index < -0.39 is 17.8 Å². The number of rotatable bonds is 1. The van der Waals surface area contributed by atoms with E-state index in [9.17, 15) is 13.2 Å². The highest BCUT2D eigenvalue weighted by Gasteiger charge is 2.31. The van der Waals surface area contributed by atoms with Crippen LogP contribution in [0, 0.1) is 0 Å². The first-order chi connectivity index (χ1) is 6.32. The maximum Gasteiger partial charge on any atom is 0.417 e. The minimum atomic E-state index is -4.46. The average molecular weight is 226 g/mol. The predicted octanol–water partition coefficient (Wildman–Crippen LogP) is 2.81. The predicted molar refractivity (Wildman–Crippen MR) is 44.9 cm³/mol. The van der Waals surface area contributed by atoms with Gasteiger partial charge in [-0.15, -0.1) is 0 Å². The van der Waals surface area contributed by atoms with E-state index in [-0.39, 0.29) is 10.7 Å². The van der Waals surface area contributed by atoms with Gasteiger partial charge in [-0.2, -0.15) is 13.2 Å². The second-order valence-electron chi connectivity index (χ2n) is 2.76. The summed E-state index contributed by atoms with van der Waals surface area (Å²) in [5.41, 5.74) is -0.883. The van der Waals surface area contributed by atoms with Crippen LogP contribution in [0.2, 0.25) is 5.02 Å². The van der Waals surface area contributed by atoms with Gasteiger partial charge in [0.15, 0.2) is 0 Å². The molecule has 0 aliphatic carbocycles. The van der Waals surface area contributed by atoms with E-state index in [1.807, 2.05) is 0 Å². The highest BCUT2D eigenvalue weighted by molar-refractivity contribution is 6.31. The largest absolute Gasteiger partial charge is 0.417 e. The number of pyridine rings is 1. The van der Waals surface area contributed by atoms with Gasteiger partial charge in [0.1, 0.15) is 0 Å². The van der Waals surface area contributed by atoms with Crippen molar-refractivity contribution in [3.8, 4) is 0 Å². The summed E-state index contributed by atoms with van der Waals surface area (Å²) in [7, 11) is 0. The number of hydrogen-bond donors (Lipinski definition) is 1. The van der Waals surface area contributed by atoms with E-state index in [1.54, 1.807) is 0 Å². The zero-order valence-corrected chi connectivity index (χ0v) is 7.89. The molecule has 78 valence electrons. The van der Waals surface area contributed by atoms with Gasteiger partial charge in [0.05, 0.1) is 22.4 Å². The fraction of sp³-hybridized carbons (Fsp3) is 0.375. The summed E-state index contributed by atoms with van der Waals surface area (Å²) in [6.45, 7) is 1.38. The smallest absolute Gasteiger partial charge is 0.387 e. The molecule has 1 atom stereocenters. The third-order valence-corrected chi connectivity index (χ3v) is 1.90. The molecular weight excluding hydrogens is 219 g/mol. The molecule has 14 heavy (non-hydrogen) atoms. The molecule has 1 aromatic rings. The Bertz CT molecular complexity index is 338. The number of nitrogens with zero attached hydrogens (tertiary/aromatic N) is 1. The lowest BCUT2D eigenvalue weighted by atomic mass is 10.2. The monoisotopic (exact) mass is 225 g/mol. The van der Waals surface area contributed by atoms with Crippen molar-refractivity contribution >= 4 is 11.6 Å². The van der Waals surface area contributed by atoms with Crippen molar-refractivity contribution in [2.75, 3.05) is 0 Å². The van der Waals surface area contributed by atoms with Gasteiger partial charge >= 0.3 is 6.18 Å². The van der Waals surface area contributed by atoms with E-state index in [4.69, 9.17) is 16.7 Å². The quantitative estimate of drug-likeness (QED) is 0.797. The second-order valence-corrected chi connectivity index (χ2v) is 3.17. The van der Waals surface area contributed by atoms with Crippen molar-refractivity contribution in [2.24, 2.45) is 0 Å². The molecule has 0 aliphatic rings. The van der Waals surface area contributed by atoms with Crippen molar-refractivity contribution in [1.29, 1.82) is 0 Å². The molecule has 1 heterocycles. The molecule has 0 aliphatic heterocycles. The molecule has 2 nitrogen and oxygen atoms in total. The van der Waals surface area contributed by atoms with Crippen molar-refractivity contribution in [3.63, 3.8) is 0 Å². The van der Waals surface area contributed by atoms with Crippen molar-refractivity contribution in [2.45, 2.75) is 19.2 Å². The molecule has 6 heteroatoms. The summed E-state index contributed by atoms with van der Waals surface area (Å²) in [5, 5.41) is 8.88. The summed E-state index contributed by atoms with van der Waals surface area (Å²) in [6.07, 6.45) is -4.80. The molecule has 0 saturated carbocycles. The Morgan fingerprint density at radius 1 is 1.50 bits per heavy atom. The maximum absolute atomic E-state index is 12.1. The van der Waals surface area contributed by atoms with Crippen LogP contribution in [0.15, 0.2) is 12.3 Å². The Morgan fingerprint density at radius 3 is 2.43 bits per heavy atom. The first-order valence-electron chi connectivity index (χ1n) is 3.73. The summed E-state index contributed by atoms with van der Waals surface area (Å²) in [4.78, 5) is 3.44. The standard InChI is InChI=1S/C8H7ClF3NO/c1-4(14)7-6(9)2-5(3-13-7)8(10,11)12/h2-4,14H,1H3/t4-/m0/s1. The van der Waals surface area contributed by atoms with Gasteiger partial charge in [-0.25, -0.2) is 0 Å². The van der Waals surface area contributed by atoms with Crippen LogP contribution in [0.25, 0.3) is 0 Å². The number of hydrogen-bond acceptors (Lipinski definition) is 2. The highest BCUT2D eigenvalue weighted by atomic mass is 35.5. The number of aliphatic hydroxyl groups is 1. The van der Waals surface area contributed by atoms with Gasteiger partial charge in [0, 0.05) is 6.20 Å². The van der Waals surface area contributed by atoms with Crippen molar-refractivity contribution < 1.29 is 18.3 Å². The molecule has 1 rings (SSSR count). The van der Waals surface area contributed by atoms with Gasteiger partial charge < -0.3 is 5.11 Å². The van der Waals surface area contributed by atoms with E-state index in [1.165, 1.54) is 6.92 Å². The molecule has 0 saturated heterocycles. The van der Waals surface area contributed by atoms with Gasteiger partial charge in [-0.05, 0) is 13.0 Å². The second kappa shape index (κ2) is 3.74. The summed E-state index contributed by atoms with van der Waals surface area (Å²) < 4.78 is 36.4. The van der Waals surface area contributed by atoms with Crippen molar-refractivity contribution in [1.82, 2.24) is 4.98 Å². The lowest BCUT2D eigenvalue weighted by molar-refractivity contribution is -0.137. The molecular formula is C8H7ClF3NO. The third kappa shape index (κ3) is 2.36. The molecule has 0 radical (unpaired) electrons. The Labute approximate surface area is 83.3 Å². The lowest BCUT2D eigenvalue weighted by Crippen LogP contribution is -2.07. The Balaban J connectivity index is 3.13. The van der Waals surface area contributed by atoms with Crippen LogP contribution in [0.3, 0.4) is 0 Å². The van der Waals surface area contributed by atoms with Crippen LogP contribution in [0.1, 0.15) is 24.3 Å². The van der Waals surface area contributed by atoms with Gasteiger partial charge in [-0.1, -0.05) is 11.6 Å². The average Bonchev–Trinajstić information content (AvgIpc) is 2.01. The first kappa shape index (κ1) is 11.3. The summed E-state index contributed by atoms with van der Waals surface area (Å²) >= 11 is 5.51. The molecule has 1 aromatic heterocycles. The van der Waals surface area contributed by atoms with E-state index in [0.717, 1.165) is 6.07 Å². The van der Waals surface area contributed by atoms with E-state index >= 15 is 0 Å². The Hall–Kier alpha value is -0.810. The molecule has 0 unspecified atom stereocenters. The first-order valence-corrected chi connectivity index (χ1v) is 4.11. The summed E-state index contributed by atoms with van der Waals surface area (Å²) in [5.74, 6) is 0. The molecule has 1 N–H and O–H groups in total. The molecule has 0 bridgehead atoms. The van der Waals surface area contributed by atoms with Crippen LogP contribution in [-0.2, 0) is 6.18 Å². The maximum atomic E-state index is 12.1. The Kier molecular flexibility index (Phi) is 3.01. The number of alkyl halides is 3. The van der Waals surface area contributed by atoms with E-state index in [0.29, 0.717) is 6.20 Å². The number of aromatic nitrogens is 1. The fourth-order valence-electron chi connectivity index (χ4n) is 0.911. The minimum Gasteiger partial charge on any atom is -0.387 e. The highest BCUT2D eigenvalue weighted by Crippen LogP contribution is 2.32. The van der Waals surface area contributed by atoms with Crippen LogP contribution in [-0.4, -0.2) is 10.1 Å². The van der Waals surface area contributed by atoms with Crippen LogP contribution < -0.4 is 0 Å². The Morgan fingerprint density at radius 2 is 2.07 bits per heavy atom. The van der Waals surface area contributed by atoms with E-state index in [2.05, 4.69) is 4.98 Å². The SMILES string of the molecule is C[C@H](O)c1ncc(C(F)(F)F)cc1Cl. The minimum absolute atomic E-state index is 0.0414. The fourth-order valence-corrected chi connectivity index (χ4v) is 1.24. The summed E-state index contributed by atoms with van der Waals surface area (Å²) in [6, 6.07) is 0.747. The van der Waals surface area contributed by atoms with Crippen LogP contribution in [0.4, 0.5) is 13.2 Å². The van der Waals surface area contributed by atoms with Gasteiger partial charge in [-0.3, -0.25) is 4.98 Å². The van der Waals surface area contributed by atoms with Gasteiger partial charge in [0.2, 0.25) is 0 Å².